The molecular weight excluding hydrogens is 477 g/mol. The van der Waals surface area contributed by atoms with Crippen molar-refractivity contribution >= 4 is 27.6 Å². The summed E-state index contributed by atoms with van der Waals surface area (Å²) < 4.78 is 75.7. The summed E-state index contributed by atoms with van der Waals surface area (Å²) in [5.41, 5.74) is -0.883. The van der Waals surface area contributed by atoms with Crippen molar-refractivity contribution < 1.29 is 40.3 Å². The highest BCUT2D eigenvalue weighted by Crippen LogP contribution is 2.31. The van der Waals surface area contributed by atoms with Gasteiger partial charge in [-0.05, 0) is 55.5 Å². The number of amides is 1. The third-order valence-electron chi connectivity index (χ3n) is 4.67. The van der Waals surface area contributed by atoms with Gasteiger partial charge in [0.05, 0.1) is 24.1 Å². The van der Waals surface area contributed by atoms with Crippen LogP contribution in [-0.2, 0) is 27.5 Å². The van der Waals surface area contributed by atoms with Crippen molar-refractivity contribution in [1.29, 1.82) is 0 Å². The highest BCUT2D eigenvalue weighted by Gasteiger charge is 2.30. The molecule has 3 rings (SSSR count). The van der Waals surface area contributed by atoms with Gasteiger partial charge >= 0.3 is 12.1 Å². The van der Waals surface area contributed by atoms with Gasteiger partial charge in [-0.1, -0.05) is 6.07 Å². The van der Waals surface area contributed by atoms with Crippen LogP contribution in [0.25, 0.3) is 0 Å². The third kappa shape index (κ3) is 5.76. The fourth-order valence-corrected chi connectivity index (χ4v) is 4.02. The Labute approximate surface area is 192 Å². The number of alkyl halides is 3. The van der Waals surface area contributed by atoms with Gasteiger partial charge in [-0.2, -0.15) is 13.2 Å². The molecule has 0 bridgehead atoms. The standard InChI is InChI=1S/C22H19F3N2O6S/c1-13-19(21(29)32-2)11-17(33-13)12-26-20(28)14-6-8-18(9-7-14)34(30,31)27-16-5-3-4-15(10-16)22(23,24)25/h3-11,27H,12H2,1-2H3,(H,26,28). The van der Waals surface area contributed by atoms with Crippen LogP contribution in [0.1, 0.15) is 37.8 Å². The predicted octanol–water partition coefficient (Wildman–Crippen LogP) is 4.12. The number of furan rings is 1. The van der Waals surface area contributed by atoms with Gasteiger partial charge in [0.1, 0.15) is 17.1 Å². The second kappa shape index (κ2) is 9.59. The number of aryl methyl sites for hydroxylation is 1. The Bertz CT molecular complexity index is 1320. The van der Waals surface area contributed by atoms with E-state index in [0.29, 0.717) is 17.6 Å². The summed E-state index contributed by atoms with van der Waals surface area (Å²) in [6, 6.07) is 10.0. The molecule has 3 aromatic rings. The Kier molecular flexibility index (Phi) is 7.01. The molecule has 0 radical (unpaired) electrons. The van der Waals surface area contributed by atoms with Gasteiger partial charge in [0.2, 0.25) is 0 Å². The van der Waals surface area contributed by atoms with Crippen molar-refractivity contribution in [2.45, 2.75) is 24.5 Å². The van der Waals surface area contributed by atoms with Crippen LogP contribution in [-0.4, -0.2) is 27.4 Å². The molecule has 0 saturated carbocycles. The molecule has 0 spiro atoms. The van der Waals surface area contributed by atoms with Gasteiger partial charge < -0.3 is 14.5 Å². The fraction of sp³-hybridized carbons (Fsp3) is 0.182. The maximum absolute atomic E-state index is 12.8. The normalized spacial score (nSPS) is 11.7. The van der Waals surface area contributed by atoms with E-state index in [1.54, 1.807) is 6.92 Å². The van der Waals surface area contributed by atoms with Crippen LogP contribution < -0.4 is 10.0 Å². The molecule has 0 aliphatic carbocycles. The molecule has 2 aromatic carbocycles. The SMILES string of the molecule is COC(=O)c1cc(CNC(=O)c2ccc(S(=O)(=O)Nc3cccc(C(F)(F)F)c3)cc2)oc1C. The average Bonchev–Trinajstić information content (AvgIpc) is 3.16. The van der Waals surface area contributed by atoms with Crippen molar-refractivity contribution in [1.82, 2.24) is 5.32 Å². The zero-order valence-electron chi connectivity index (χ0n) is 17.9. The van der Waals surface area contributed by atoms with E-state index in [1.807, 2.05) is 0 Å². The number of carbonyl (C=O) groups is 2. The zero-order chi connectivity index (χ0) is 25.1. The molecule has 180 valence electrons. The van der Waals surface area contributed by atoms with Crippen molar-refractivity contribution in [2.24, 2.45) is 0 Å². The largest absolute Gasteiger partial charge is 0.465 e. The number of esters is 1. The smallest absolute Gasteiger partial charge is 0.416 e. The molecule has 0 unspecified atom stereocenters. The van der Waals surface area contributed by atoms with Gasteiger partial charge in [-0.3, -0.25) is 9.52 Å². The molecular formula is C22H19F3N2O6S. The molecule has 1 amide bonds. The minimum absolute atomic E-state index is 0.0339. The van der Waals surface area contributed by atoms with Crippen molar-refractivity contribution in [3.63, 3.8) is 0 Å². The number of sulfonamides is 1. The first-order valence-corrected chi connectivity index (χ1v) is 11.1. The number of halogens is 3. The first-order valence-electron chi connectivity index (χ1n) is 9.66. The van der Waals surface area contributed by atoms with E-state index in [9.17, 15) is 31.2 Å². The van der Waals surface area contributed by atoms with E-state index in [2.05, 4.69) is 14.8 Å². The summed E-state index contributed by atoms with van der Waals surface area (Å²) in [7, 11) is -2.96. The van der Waals surface area contributed by atoms with Gasteiger partial charge in [0.25, 0.3) is 15.9 Å². The van der Waals surface area contributed by atoms with Crippen LogP contribution in [0.3, 0.4) is 0 Å². The summed E-state index contributed by atoms with van der Waals surface area (Å²) >= 11 is 0. The first kappa shape index (κ1) is 24.8. The monoisotopic (exact) mass is 496 g/mol. The van der Waals surface area contributed by atoms with Crippen molar-refractivity contribution in [2.75, 3.05) is 11.8 Å². The lowest BCUT2D eigenvalue weighted by molar-refractivity contribution is -0.137. The van der Waals surface area contributed by atoms with Crippen LogP contribution in [0.4, 0.5) is 18.9 Å². The van der Waals surface area contributed by atoms with Crippen LogP contribution >= 0.6 is 0 Å². The summed E-state index contributed by atoms with van der Waals surface area (Å²) in [5, 5.41) is 2.57. The lowest BCUT2D eigenvalue weighted by Gasteiger charge is -2.11. The molecule has 2 N–H and O–H groups in total. The van der Waals surface area contributed by atoms with Gasteiger partial charge in [0, 0.05) is 11.3 Å². The van der Waals surface area contributed by atoms with Crippen LogP contribution in [0.2, 0.25) is 0 Å². The Hall–Kier alpha value is -3.80. The lowest BCUT2D eigenvalue weighted by atomic mass is 10.2. The second-order valence-electron chi connectivity index (χ2n) is 7.07. The molecule has 34 heavy (non-hydrogen) atoms. The number of rotatable bonds is 7. The topological polar surface area (TPSA) is 115 Å². The molecule has 0 atom stereocenters. The summed E-state index contributed by atoms with van der Waals surface area (Å²) in [5.74, 6) is -0.465. The van der Waals surface area contributed by atoms with Gasteiger partial charge in [0.15, 0.2) is 0 Å². The fourth-order valence-electron chi connectivity index (χ4n) is 2.97. The molecule has 1 aromatic heterocycles. The molecule has 0 aliphatic rings. The number of nitrogens with one attached hydrogen (secondary N) is 2. The minimum atomic E-state index is -4.62. The zero-order valence-corrected chi connectivity index (χ0v) is 18.7. The quantitative estimate of drug-likeness (QED) is 0.476. The van der Waals surface area contributed by atoms with E-state index in [-0.39, 0.29) is 28.3 Å². The number of hydrogen-bond acceptors (Lipinski definition) is 6. The maximum atomic E-state index is 12.8. The summed E-state index contributed by atoms with van der Waals surface area (Å²) in [6.45, 7) is 1.54. The molecule has 0 fully saturated rings. The number of methoxy groups -OCH3 is 1. The van der Waals surface area contributed by atoms with Crippen molar-refractivity contribution in [3.05, 3.63) is 82.8 Å². The average molecular weight is 496 g/mol. The Morgan fingerprint density at radius 3 is 2.35 bits per heavy atom. The Balaban J connectivity index is 1.67. The molecule has 0 saturated heterocycles. The number of benzene rings is 2. The van der Waals surface area contributed by atoms with Gasteiger partial charge in [-0.15, -0.1) is 0 Å². The summed E-state index contributed by atoms with van der Waals surface area (Å²) in [6.07, 6.45) is -4.62. The second-order valence-corrected chi connectivity index (χ2v) is 8.75. The van der Waals surface area contributed by atoms with Crippen LogP contribution in [0, 0.1) is 6.92 Å². The Morgan fingerprint density at radius 1 is 1.06 bits per heavy atom. The Morgan fingerprint density at radius 2 is 1.74 bits per heavy atom. The lowest BCUT2D eigenvalue weighted by Crippen LogP contribution is -2.22. The van der Waals surface area contributed by atoms with E-state index >= 15 is 0 Å². The van der Waals surface area contributed by atoms with Crippen LogP contribution in [0.15, 0.2) is 63.9 Å². The first-order chi connectivity index (χ1) is 15.9. The summed E-state index contributed by atoms with van der Waals surface area (Å²) in [4.78, 5) is 23.7. The molecule has 12 heteroatoms. The highest BCUT2D eigenvalue weighted by atomic mass is 32.2. The highest BCUT2D eigenvalue weighted by molar-refractivity contribution is 7.92. The number of hydrogen-bond donors (Lipinski definition) is 2. The van der Waals surface area contributed by atoms with E-state index < -0.39 is 33.6 Å². The van der Waals surface area contributed by atoms with Gasteiger partial charge in [-0.25, -0.2) is 13.2 Å². The van der Waals surface area contributed by atoms with E-state index in [4.69, 9.17) is 4.42 Å². The molecule has 8 nitrogen and oxygen atoms in total. The number of carbonyl (C=O) groups excluding carboxylic acids is 2. The minimum Gasteiger partial charge on any atom is -0.465 e. The van der Waals surface area contributed by atoms with E-state index in [1.165, 1.54) is 31.4 Å². The van der Waals surface area contributed by atoms with Crippen LogP contribution in [0.5, 0.6) is 0 Å². The van der Waals surface area contributed by atoms with Crippen molar-refractivity contribution in [3.8, 4) is 0 Å². The maximum Gasteiger partial charge on any atom is 0.416 e. The molecule has 0 aliphatic heterocycles. The molecule has 1 heterocycles. The third-order valence-corrected chi connectivity index (χ3v) is 6.06. The number of ether oxygens (including phenoxy) is 1. The predicted molar refractivity (Wildman–Crippen MR) is 115 cm³/mol. The number of anilines is 1. The van der Waals surface area contributed by atoms with E-state index in [0.717, 1.165) is 24.3 Å².